The SMILES string of the molecule is O=C(O)c1cc(S(=O)(=O)N(Cc2cccnc2)Cc2cccnc2)c(F)c(F)c1Nc1ccc(I)cc1Cl. The Balaban J connectivity index is 1.82. The molecule has 0 aliphatic heterocycles. The van der Waals surface area contributed by atoms with Crippen molar-refractivity contribution in [1.29, 1.82) is 0 Å². The van der Waals surface area contributed by atoms with Crippen LogP contribution in [-0.2, 0) is 23.1 Å². The number of aromatic carboxylic acids is 1. The summed E-state index contributed by atoms with van der Waals surface area (Å²) in [7, 11) is -4.77. The van der Waals surface area contributed by atoms with Gasteiger partial charge in [0.25, 0.3) is 0 Å². The highest BCUT2D eigenvalue weighted by atomic mass is 127. The van der Waals surface area contributed by atoms with Crippen LogP contribution in [0.3, 0.4) is 0 Å². The van der Waals surface area contributed by atoms with E-state index < -0.39 is 43.8 Å². The van der Waals surface area contributed by atoms with E-state index in [1.165, 1.54) is 36.9 Å². The van der Waals surface area contributed by atoms with Crippen molar-refractivity contribution in [2.24, 2.45) is 0 Å². The lowest BCUT2D eigenvalue weighted by molar-refractivity contribution is 0.0697. The molecule has 0 unspecified atom stereocenters. The van der Waals surface area contributed by atoms with Gasteiger partial charge in [0.15, 0.2) is 11.6 Å². The summed E-state index contributed by atoms with van der Waals surface area (Å²) in [6, 6.07) is 11.7. The summed E-state index contributed by atoms with van der Waals surface area (Å²) in [6.45, 7) is -0.487. The number of carboxylic acid groups (broad SMARTS) is 1. The molecule has 0 amide bonds. The lowest BCUT2D eigenvalue weighted by Gasteiger charge is -2.23. The lowest BCUT2D eigenvalue weighted by Crippen LogP contribution is -2.31. The maximum absolute atomic E-state index is 15.4. The average Bonchev–Trinajstić information content (AvgIpc) is 2.88. The van der Waals surface area contributed by atoms with Gasteiger partial charge in [0.2, 0.25) is 10.0 Å². The van der Waals surface area contributed by atoms with Crippen LogP contribution in [0.15, 0.2) is 78.2 Å². The first-order valence-electron chi connectivity index (χ1n) is 10.8. The van der Waals surface area contributed by atoms with Crippen molar-refractivity contribution in [3.63, 3.8) is 0 Å². The van der Waals surface area contributed by atoms with Crippen LogP contribution >= 0.6 is 34.2 Å². The van der Waals surface area contributed by atoms with Crippen molar-refractivity contribution in [3.8, 4) is 0 Å². The predicted octanol–water partition coefficient (Wildman–Crippen LogP) is 5.85. The topological polar surface area (TPSA) is 112 Å². The highest BCUT2D eigenvalue weighted by Gasteiger charge is 2.33. The van der Waals surface area contributed by atoms with Crippen molar-refractivity contribution in [3.05, 3.63) is 110 Å². The van der Waals surface area contributed by atoms with Gasteiger partial charge in [-0.25, -0.2) is 22.0 Å². The molecule has 2 heterocycles. The summed E-state index contributed by atoms with van der Waals surface area (Å²) >= 11 is 8.16. The van der Waals surface area contributed by atoms with Crippen molar-refractivity contribution < 1.29 is 27.1 Å². The van der Waals surface area contributed by atoms with Crippen molar-refractivity contribution in [2.75, 3.05) is 5.32 Å². The van der Waals surface area contributed by atoms with Crippen LogP contribution in [0.25, 0.3) is 0 Å². The second kappa shape index (κ2) is 11.7. The molecule has 38 heavy (non-hydrogen) atoms. The van der Waals surface area contributed by atoms with E-state index in [2.05, 4.69) is 15.3 Å². The normalized spacial score (nSPS) is 11.5. The molecule has 13 heteroatoms. The summed E-state index contributed by atoms with van der Waals surface area (Å²) in [4.78, 5) is 18.9. The first kappa shape index (κ1) is 27.8. The van der Waals surface area contributed by atoms with E-state index in [0.717, 1.165) is 7.88 Å². The third-order valence-electron chi connectivity index (χ3n) is 5.38. The van der Waals surface area contributed by atoms with Gasteiger partial charge in [-0.05, 0) is 70.1 Å². The number of hydrogen-bond donors (Lipinski definition) is 2. The Morgan fingerprint density at radius 1 is 1.00 bits per heavy atom. The maximum atomic E-state index is 15.4. The van der Waals surface area contributed by atoms with Gasteiger partial charge in [-0.1, -0.05) is 23.7 Å². The second-order valence-corrected chi connectivity index (χ2v) is 11.5. The quantitative estimate of drug-likeness (QED) is 0.215. The predicted molar refractivity (Wildman–Crippen MR) is 146 cm³/mol. The molecule has 2 N–H and O–H groups in total. The second-order valence-electron chi connectivity index (χ2n) is 7.98. The third kappa shape index (κ3) is 6.09. The van der Waals surface area contributed by atoms with E-state index in [1.54, 1.807) is 30.3 Å². The molecular formula is C25H18ClF2IN4O4S. The van der Waals surface area contributed by atoms with E-state index in [-0.39, 0.29) is 23.8 Å². The Morgan fingerprint density at radius 3 is 2.11 bits per heavy atom. The molecule has 2 aromatic heterocycles. The Labute approximate surface area is 235 Å². The Kier molecular flexibility index (Phi) is 8.55. The first-order valence-corrected chi connectivity index (χ1v) is 13.7. The van der Waals surface area contributed by atoms with Crippen LogP contribution in [0.4, 0.5) is 20.2 Å². The summed E-state index contributed by atoms with van der Waals surface area (Å²) < 4.78 is 59.9. The number of nitrogens with zero attached hydrogens (tertiary/aromatic N) is 3. The number of hydrogen-bond acceptors (Lipinski definition) is 6. The Bertz CT molecular complexity index is 1550. The van der Waals surface area contributed by atoms with Gasteiger partial charge >= 0.3 is 5.97 Å². The number of carbonyl (C=O) groups is 1. The van der Waals surface area contributed by atoms with Gasteiger partial charge in [-0.3, -0.25) is 9.97 Å². The van der Waals surface area contributed by atoms with Crippen LogP contribution in [0.1, 0.15) is 21.5 Å². The molecule has 0 saturated heterocycles. The van der Waals surface area contributed by atoms with Gasteiger partial charge in [0.1, 0.15) is 4.90 Å². The van der Waals surface area contributed by atoms with Gasteiger partial charge in [0.05, 0.1) is 22.0 Å². The smallest absolute Gasteiger partial charge is 0.337 e. The van der Waals surface area contributed by atoms with Crippen molar-refractivity contribution in [2.45, 2.75) is 18.0 Å². The first-order chi connectivity index (χ1) is 18.1. The van der Waals surface area contributed by atoms with E-state index in [0.29, 0.717) is 17.2 Å². The van der Waals surface area contributed by atoms with Crippen LogP contribution in [0.2, 0.25) is 5.02 Å². The molecule has 0 aliphatic carbocycles. The molecule has 0 saturated carbocycles. The number of sulfonamides is 1. The molecule has 0 spiro atoms. The van der Waals surface area contributed by atoms with Gasteiger partial charge in [-0.2, -0.15) is 4.31 Å². The van der Waals surface area contributed by atoms with E-state index in [9.17, 15) is 18.3 Å². The number of pyridine rings is 2. The number of aromatic nitrogens is 2. The van der Waals surface area contributed by atoms with Gasteiger partial charge < -0.3 is 10.4 Å². The number of anilines is 2. The zero-order chi connectivity index (χ0) is 27.4. The number of nitrogens with one attached hydrogen (secondary N) is 1. The molecule has 4 rings (SSSR count). The molecule has 4 aromatic rings. The fourth-order valence-corrected chi connectivity index (χ4v) is 5.96. The standard InChI is InChI=1S/C25H18ClF2IN4O4S/c26-19-9-17(29)5-6-20(19)32-24-18(25(34)35)10-21(22(27)23(24)28)38(36,37)33(13-15-3-1-7-30-11-15)14-16-4-2-8-31-12-16/h1-12,32H,13-14H2,(H,34,35). The summed E-state index contributed by atoms with van der Waals surface area (Å²) in [5.74, 6) is -5.09. The summed E-state index contributed by atoms with van der Waals surface area (Å²) in [5, 5.41) is 12.4. The zero-order valence-electron chi connectivity index (χ0n) is 19.3. The van der Waals surface area contributed by atoms with Crippen molar-refractivity contribution >= 4 is 61.6 Å². The highest BCUT2D eigenvalue weighted by molar-refractivity contribution is 14.1. The molecule has 0 aliphatic rings. The number of rotatable bonds is 9. The minimum absolute atomic E-state index is 0.110. The molecular weight excluding hydrogens is 653 g/mol. The summed E-state index contributed by atoms with van der Waals surface area (Å²) in [6.07, 6.45) is 5.87. The molecule has 0 atom stereocenters. The molecule has 0 fully saturated rings. The fourth-order valence-electron chi connectivity index (χ4n) is 3.56. The van der Waals surface area contributed by atoms with Crippen LogP contribution in [0.5, 0.6) is 0 Å². The average molecular weight is 671 g/mol. The number of carboxylic acids is 1. The lowest BCUT2D eigenvalue weighted by atomic mass is 10.1. The fraction of sp³-hybridized carbons (Fsp3) is 0.0800. The molecule has 196 valence electrons. The minimum Gasteiger partial charge on any atom is -0.478 e. The molecule has 8 nitrogen and oxygen atoms in total. The van der Waals surface area contributed by atoms with Gasteiger partial charge in [-0.15, -0.1) is 0 Å². The van der Waals surface area contributed by atoms with Crippen LogP contribution in [0, 0.1) is 15.2 Å². The van der Waals surface area contributed by atoms with Gasteiger partial charge in [0, 0.05) is 41.4 Å². The molecule has 0 radical (unpaired) electrons. The minimum atomic E-state index is -4.77. The zero-order valence-corrected chi connectivity index (χ0v) is 23.0. The van der Waals surface area contributed by atoms with E-state index in [1.807, 2.05) is 22.6 Å². The van der Waals surface area contributed by atoms with Crippen LogP contribution < -0.4 is 5.32 Å². The largest absolute Gasteiger partial charge is 0.478 e. The number of halogens is 4. The molecule has 0 bridgehead atoms. The van der Waals surface area contributed by atoms with Crippen molar-refractivity contribution in [1.82, 2.24) is 14.3 Å². The molecule has 2 aromatic carbocycles. The number of benzene rings is 2. The third-order valence-corrected chi connectivity index (χ3v) is 8.15. The maximum Gasteiger partial charge on any atom is 0.337 e. The Morgan fingerprint density at radius 2 is 1.61 bits per heavy atom. The summed E-state index contributed by atoms with van der Waals surface area (Å²) in [5.41, 5.74) is -0.488. The van der Waals surface area contributed by atoms with Crippen LogP contribution in [-0.4, -0.2) is 33.8 Å². The van der Waals surface area contributed by atoms with E-state index in [4.69, 9.17) is 11.6 Å². The Hall–Kier alpha value is -3.20. The monoisotopic (exact) mass is 670 g/mol. The highest BCUT2D eigenvalue weighted by Crippen LogP contribution is 2.35. The van der Waals surface area contributed by atoms with E-state index >= 15 is 8.78 Å².